The third-order valence-electron chi connectivity index (χ3n) is 3.01. The summed E-state index contributed by atoms with van der Waals surface area (Å²) in [6.07, 6.45) is 0. The summed E-state index contributed by atoms with van der Waals surface area (Å²) in [5.74, 6) is -1.08. The van der Waals surface area contributed by atoms with Gasteiger partial charge in [0.05, 0.1) is 11.3 Å². The summed E-state index contributed by atoms with van der Waals surface area (Å²) < 4.78 is 1.44. The fourth-order valence-electron chi connectivity index (χ4n) is 1.81. The van der Waals surface area contributed by atoms with Gasteiger partial charge in [0, 0.05) is 6.04 Å². The summed E-state index contributed by atoms with van der Waals surface area (Å²) in [5, 5.41) is 24.1. The fraction of sp³-hybridized carbons (Fsp3) is 0.417. The highest BCUT2D eigenvalue weighted by Crippen LogP contribution is 2.29. The van der Waals surface area contributed by atoms with Gasteiger partial charge < -0.3 is 5.11 Å². The number of carboxylic acids is 1. The number of nitrogens with one attached hydrogen (secondary N) is 1. The van der Waals surface area contributed by atoms with Crippen LogP contribution in [0.3, 0.4) is 0 Å². The van der Waals surface area contributed by atoms with Crippen molar-refractivity contribution in [2.45, 2.75) is 43.9 Å². The molecule has 2 aromatic rings. The summed E-state index contributed by atoms with van der Waals surface area (Å²) >= 11 is 1.01. The average molecular weight is 309 g/mol. The maximum Gasteiger partial charge on any atom is 0.344 e. The summed E-state index contributed by atoms with van der Waals surface area (Å²) in [7, 11) is 0. The number of carboxylic acid groups (broad SMARTS) is 1. The monoisotopic (exact) mass is 309 g/mol. The Morgan fingerprint density at radius 2 is 2.00 bits per heavy atom. The number of H-pyrrole nitrogens is 1. The van der Waals surface area contributed by atoms with Crippen molar-refractivity contribution in [3.63, 3.8) is 0 Å². The summed E-state index contributed by atoms with van der Waals surface area (Å²) in [4.78, 5) is 23.1. The molecule has 0 bridgehead atoms. The van der Waals surface area contributed by atoms with Gasteiger partial charge in [-0.05, 0) is 45.0 Å². The molecule has 9 heteroatoms. The quantitative estimate of drug-likeness (QED) is 0.877. The van der Waals surface area contributed by atoms with Gasteiger partial charge >= 0.3 is 11.7 Å². The molecule has 2 heterocycles. The maximum atomic E-state index is 11.7. The summed E-state index contributed by atoms with van der Waals surface area (Å²) in [6, 6.07) is -0.105. The minimum Gasteiger partial charge on any atom is -0.478 e. The number of aryl methyl sites for hydroxylation is 1. The Kier molecular flexibility index (Phi) is 4.12. The first-order chi connectivity index (χ1) is 9.82. The van der Waals surface area contributed by atoms with Gasteiger partial charge in [-0.2, -0.15) is 5.10 Å². The van der Waals surface area contributed by atoms with Crippen LogP contribution in [0.15, 0.2) is 15.0 Å². The molecule has 0 amide bonds. The van der Waals surface area contributed by atoms with Crippen LogP contribution in [0.2, 0.25) is 0 Å². The predicted octanol–water partition coefficient (Wildman–Crippen LogP) is 1.41. The highest BCUT2D eigenvalue weighted by Gasteiger charge is 2.21. The van der Waals surface area contributed by atoms with E-state index in [4.69, 9.17) is 0 Å². The van der Waals surface area contributed by atoms with E-state index in [9.17, 15) is 14.7 Å². The van der Waals surface area contributed by atoms with Crippen LogP contribution in [0.1, 0.15) is 41.5 Å². The second-order valence-electron chi connectivity index (χ2n) is 4.77. The lowest BCUT2D eigenvalue weighted by Gasteiger charge is -2.10. The van der Waals surface area contributed by atoms with E-state index in [1.165, 1.54) is 4.57 Å². The second-order valence-corrected chi connectivity index (χ2v) is 5.73. The van der Waals surface area contributed by atoms with Gasteiger partial charge in [0.25, 0.3) is 0 Å². The molecule has 0 aliphatic carbocycles. The average Bonchev–Trinajstić information content (AvgIpc) is 2.74. The molecule has 2 N–H and O–H groups in total. The number of rotatable bonds is 4. The molecule has 0 radical (unpaired) electrons. The highest BCUT2D eigenvalue weighted by atomic mass is 32.2. The number of aromatic amines is 1. The lowest BCUT2D eigenvalue weighted by molar-refractivity contribution is 0.0690. The summed E-state index contributed by atoms with van der Waals surface area (Å²) in [6.45, 7) is 7.05. The van der Waals surface area contributed by atoms with E-state index in [-0.39, 0.29) is 22.3 Å². The molecule has 0 aliphatic rings. The highest BCUT2D eigenvalue weighted by molar-refractivity contribution is 7.99. The molecule has 0 unspecified atom stereocenters. The molecule has 21 heavy (non-hydrogen) atoms. The first-order valence-electron chi connectivity index (χ1n) is 6.24. The first-order valence-corrected chi connectivity index (χ1v) is 7.06. The zero-order chi connectivity index (χ0) is 15.7. The molecule has 0 spiro atoms. The van der Waals surface area contributed by atoms with Gasteiger partial charge in [0.2, 0.25) is 0 Å². The van der Waals surface area contributed by atoms with Gasteiger partial charge in [0.15, 0.2) is 5.16 Å². The molecule has 2 rings (SSSR count). The van der Waals surface area contributed by atoms with Crippen LogP contribution in [0.5, 0.6) is 0 Å². The number of aromatic carboxylic acids is 1. The Morgan fingerprint density at radius 1 is 1.33 bits per heavy atom. The number of hydrogen-bond acceptors (Lipinski definition) is 6. The van der Waals surface area contributed by atoms with Crippen LogP contribution in [-0.4, -0.2) is 36.0 Å². The van der Waals surface area contributed by atoms with Crippen LogP contribution in [-0.2, 0) is 0 Å². The number of aromatic nitrogens is 5. The van der Waals surface area contributed by atoms with Crippen molar-refractivity contribution in [3.05, 3.63) is 27.3 Å². The molecule has 0 aromatic carbocycles. The standard InChI is InChI=1S/C12H15N5O3S/c1-5(2)17-11(20)15-16-12(17)21-9-8(10(18)19)6(3)7(4)13-14-9/h5H,1-4H3,(H,15,20)(H,18,19). The van der Waals surface area contributed by atoms with Gasteiger partial charge in [-0.1, -0.05) is 0 Å². The summed E-state index contributed by atoms with van der Waals surface area (Å²) in [5.41, 5.74) is 0.841. The van der Waals surface area contributed by atoms with Crippen molar-refractivity contribution in [3.8, 4) is 0 Å². The van der Waals surface area contributed by atoms with Crippen molar-refractivity contribution in [1.29, 1.82) is 0 Å². The van der Waals surface area contributed by atoms with E-state index in [1.54, 1.807) is 13.8 Å². The number of hydrogen-bond donors (Lipinski definition) is 2. The van der Waals surface area contributed by atoms with E-state index in [2.05, 4.69) is 20.4 Å². The molecule has 0 atom stereocenters. The molecule has 8 nitrogen and oxygen atoms in total. The van der Waals surface area contributed by atoms with E-state index in [0.717, 1.165) is 11.8 Å². The Labute approximate surface area is 124 Å². The Bertz CT molecular complexity index is 750. The second kappa shape index (κ2) is 5.68. The largest absolute Gasteiger partial charge is 0.478 e. The molecule has 0 aliphatic heterocycles. The Balaban J connectivity index is 2.53. The van der Waals surface area contributed by atoms with Gasteiger partial charge in [-0.3, -0.25) is 4.57 Å². The molecule has 2 aromatic heterocycles. The lowest BCUT2D eigenvalue weighted by atomic mass is 10.1. The van der Waals surface area contributed by atoms with E-state index < -0.39 is 5.97 Å². The van der Waals surface area contributed by atoms with Gasteiger partial charge in [0.1, 0.15) is 5.03 Å². The number of nitrogens with zero attached hydrogens (tertiary/aromatic N) is 4. The lowest BCUT2D eigenvalue weighted by Crippen LogP contribution is -2.19. The maximum absolute atomic E-state index is 11.7. The van der Waals surface area contributed by atoms with E-state index in [1.807, 2.05) is 13.8 Å². The molecule has 0 fully saturated rings. The fourth-order valence-corrected chi connectivity index (χ4v) is 2.89. The predicted molar refractivity (Wildman–Crippen MR) is 75.8 cm³/mol. The molecule has 112 valence electrons. The van der Waals surface area contributed by atoms with E-state index >= 15 is 0 Å². The molecule has 0 saturated carbocycles. The third kappa shape index (κ3) is 2.82. The zero-order valence-corrected chi connectivity index (χ0v) is 12.9. The SMILES string of the molecule is Cc1nnc(Sc2n[nH]c(=O)n2C(C)C)c(C(=O)O)c1C. The third-order valence-corrected chi connectivity index (χ3v) is 3.96. The molecule has 0 saturated heterocycles. The Hall–Kier alpha value is -2.16. The van der Waals surface area contributed by atoms with Crippen molar-refractivity contribution in [2.75, 3.05) is 0 Å². The molecular formula is C12H15N5O3S. The van der Waals surface area contributed by atoms with Crippen molar-refractivity contribution in [2.24, 2.45) is 0 Å². The van der Waals surface area contributed by atoms with Crippen molar-refractivity contribution < 1.29 is 9.90 Å². The van der Waals surface area contributed by atoms with Crippen LogP contribution < -0.4 is 5.69 Å². The number of carbonyl (C=O) groups is 1. The van der Waals surface area contributed by atoms with Crippen LogP contribution in [0.4, 0.5) is 0 Å². The zero-order valence-electron chi connectivity index (χ0n) is 12.0. The smallest absolute Gasteiger partial charge is 0.344 e. The topological polar surface area (TPSA) is 114 Å². The van der Waals surface area contributed by atoms with Crippen molar-refractivity contribution >= 4 is 17.7 Å². The minimum atomic E-state index is -1.08. The van der Waals surface area contributed by atoms with E-state index in [0.29, 0.717) is 16.4 Å². The molecular weight excluding hydrogens is 294 g/mol. The minimum absolute atomic E-state index is 0.0817. The van der Waals surface area contributed by atoms with Crippen LogP contribution in [0.25, 0.3) is 0 Å². The normalized spacial score (nSPS) is 11.1. The van der Waals surface area contributed by atoms with Crippen LogP contribution in [0, 0.1) is 13.8 Å². The van der Waals surface area contributed by atoms with Gasteiger partial charge in [-0.15, -0.1) is 10.2 Å². The van der Waals surface area contributed by atoms with Crippen molar-refractivity contribution in [1.82, 2.24) is 25.0 Å². The van der Waals surface area contributed by atoms with Gasteiger partial charge in [-0.25, -0.2) is 14.7 Å². The first kappa shape index (κ1) is 15.2. The van der Waals surface area contributed by atoms with Crippen LogP contribution >= 0.6 is 11.8 Å². The Morgan fingerprint density at radius 3 is 2.57 bits per heavy atom.